The monoisotopic (exact) mass is 274 g/mol. The molecule has 0 radical (unpaired) electrons. The van der Waals surface area contributed by atoms with Gasteiger partial charge in [0.15, 0.2) is 0 Å². The Morgan fingerprint density at radius 1 is 1.28 bits per heavy atom. The molecule has 1 aromatic rings. The number of hydrogen-bond donors (Lipinski definition) is 0. The molecule has 0 fully saturated rings. The fourth-order valence-corrected chi connectivity index (χ4v) is 2.77. The summed E-state index contributed by atoms with van der Waals surface area (Å²) in [7, 11) is 0.238. The zero-order valence-corrected chi connectivity index (χ0v) is 12.4. The first kappa shape index (κ1) is 15.1. The lowest BCUT2D eigenvalue weighted by atomic mass is 10.3. The highest BCUT2D eigenvalue weighted by molar-refractivity contribution is 7.89. The highest BCUT2D eigenvalue weighted by Gasteiger charge is 2.19. The van der Waals surface area contributed by atoms with Gasteiger partial charge in [-0.25, -0.2) is 8.42 Å². The third-order valence-corrected chi connectivity index (χ3v) is 4.91. The van der Waals surface area contributed by atoms with E-state index in [-0.39, 0.29) is 12.3 Å². The van der Waals surface area contributed by atoms with Crippen molar-refractivity contribution in [1.82, 2.24) is 19.1 Å². The molecule has 0 aromatic carbocycles. The van der Waals surface area contributed by atoms with Gasteiger partial charge in [0.2, 0.25) is 10.0 Å². The molecule has 0 aliphatic carbocycles. The maximum atomic E-state index is 12.0. The Labute approximate surface area is 109 Å². The van der Waals surface area contributed by atoms with Crippen LogP contribution in [0, 0.1) is 6.92 Å². The molecule has 6 nitrogen and oxygen atoms in total. The van der Waals surface area contributed by atoms with Crippen LogP contribution in [0.5, 0.6) is 0 Å². The molecule has 0 aliphatic heterocycles. The minimum absolute atomic E-state index is 0.203. The molecule has 0 unspecified atom stereocenters. The molecule has 0 amide bonds. The first-order chi connectivity index (χ1) is 8.38. The summed E-state index contributed by atoms with van der Waals surface area (Å²) >= 11 is 0. The standard InChI is InChI=1S/C11H22N4O2S/c1-5-6-7-8-18(16,17)14(3)9-11-13-12-10(2)15(11)4/h5-9H2,1-4H3. The van der Waals surface area contributed by atoms with E-state index in [0.717, 1.165) is 18.7 Å². The third kappa shape index (κ3) is 3.78. The van der Waals surface area contributed by atoms with E-state index in [1.54, 1.807) is 11.6 Å². The fourth-order valence-electron chi connectivity index (χ4n) is 1.58. The Hall–Kier alpha value is -0.950. The van der Waals surface area contributed by atoms with Gasteiger partial charge in [-0.2, -0.15) is 4.31 Å². The lowest BCUT2D eigenvalue weighted by Crippen LogP contribution is -2.30. The molecule has 1 rings (SSSR count). The van der Waals surface area contributed by atoms with E-state index in [2.05, 4.69) is 17.1 Å². The summed E-state index contributed by atoms with van der Waals surface area (Å²) in [4.78, 5) is 0. The van der Waals surface area contributed by atoms with Crippen LogP contribution in [0.15, 0.2) is 0 Å². The quantitative estimate of drug-likeness (QED) is 0.698. The van der Waals surface area contributed by atoms with Crippen molar-refractivity contribution in [2.75, 3.05) is 12.8 Å². The van der Waals surface area contributed by atoms with Gasteiger partial charge >= 0.3 is 0 Å². The van der Waals surface area contributed by atoms with Crippen molar-refractivity contribution in [2.45, 2.75) is 39.7 Å². The molecule has 0 saturated heterocycles. The number of unbranched alkanes of at least 4 members (excludes halogenated alkanes) is 2. The minimum Gasteiger partial charge on any atom is -0.317 e. The van der Waals surface area contributed by atoms with Crippen molar-refractivity contribution in [1.29, 1.82) is 0 Å². The van der Waals surface area contributed by atoms with Gasteiger partial charge in [0.05, 0.1) is 12.3 Å². The van der Waals surface area contributed by atoms with Crippen molar-refractivity contribution < 1.29 is 8.42 Å². The van der Waals surface area contributed by atoms with E-state index in [1.807, 2.05) is 14.0 Å². The van der Waals surface area contributed by atoms with Gasteiger partial charge in [-0.15, -0.1) is 10.2 Å². The van der Waals surface area contributed by atoms with E-state index >= 15 is 0 Å². The highest BCUT2D eigenvalue weighted by Crippen LogP contribution is 2.08. The molecule has 0 atom stereocenters. The molecule has 1 heterocycles. The first-order valence-electron chi connectivity index (χ1n) is 6.17. The second kappa shape index (κ2) is 6.29. The molecule has 0 spiro atoms. The van der Waals surface area contributed by atoms with Crippen LogP contribution in [0.25, 0.3) is 0 Å². The Balaban J connectivity index is 2.64. The highest BCUT2D eigenvalue weighted by atomic mass is 32.2. The van der Waals surface area contributed by atoms with Crippen LogP contribution >= 0.6 is 0 Å². The lowest BCUT2D eigenvalue weighted by Gasteiger charge is -2.16. The zero-order valence-electron chi connectivity index (χ0n) is 11.5. The second-order valence-corrected chi connectivity index (χ2v) is 6.70. The SMILES string of the molecule is CCCCCS(=O)(=O)N(C)Cc1nnc(C)n1C. The summed E-state index contributed by atoms with van der Waals surface area (Å²) in [5.74, 6) is 1.64. The maximum absolute atomic E-state index is 12.0. The molecular weight excluding hydrogens is 252 g/mol. The summed E-state index contributed by atoms with van der Waals surface area (Å²) < 4.78 is 27.1. The van der Waals surface area contributed by atoms with Gasteiger partial charge < -0.3 is 4.57 Å². The zero-order chi connectivity index (χ0) is 13.8. The van der Waals surface area contributed by atoms with Crippen LogP contribution in [0.1, 0.15) is 37.8 Å². The van der Waals surface area contributed by atoms with Crippen molar-refractivity contribution in [3.63, 3.8) is 0 Å². The number of aryl methyl sites for hydroxylation is 1. The third-order valence-electron chi connectivity index (χ3n) is 3.03. The lowest BCUT2D eigenvalue weighted by molar-refractivity contribution is 0.448. The second-order valence-electron chi connectivity index (χ2n) is 4.50. The topological polar surface area (TPSA) is 68.1 Å². The largest absolute Gasteiger partial charge is 0.317 e. The Bertz CT molecular complexity index is 481. The van der Waals surface area contributed by atoms with Gasteiger partial charge in [0.1, 0.15) is 11.6 Å². The van der Waals surface area contributed by atoms with E-state index in [4.69, 9.17) is 0 Å². The van der Waals surface area contributed by atoms with E-state index in [0.29, 0.717) is 12.2 Å². The maximum Gasteiger partial charge on any atom is 0.214 e. The van der Waals surface area contributed by atoms with E-state index < -0.39 is 10.0 Å². The number of sulfonamides is 1. The number of nitrogens with zero attached hydrogens (tertiary/aromatic N) is 4. The number of hydrogen-bond acceptors (Lipinski definition) is 4. The molecule has 0 aliphatic rings. The van der Waals surface area contributed by atoms with Crippen molar-refractivity contribution in [3.8, 4) is 0 Å². The predicted molar refractivity (Wildman–Crippen MR) is 70.5 cm³/mol. The number of rotatable bonds is 7. The van der Waals surface area contributed by atoms with Gasteiger partial charge in [0, 0.05) is 14.1 Å². The van der Waals surface area contributed by atoms with Gasteiger partial charge in [-0.1, -0.05) is 19.8 Å². The molecule has 104 valence electrons. The van der Waals surface area contributed by atoms with Gasteiger partial charge in [-0.05, 0) is 13.3 Å². The van der Waals surface area contributed by atoms with Crippen LogP contribution < -0.4 is 0 Å². The van der Waals surface area contributed by atoms with Gasteiger partial charge in [0.25, 0.3) is 0 Å². The molecular formula is C11H22N4O2S. The Kier molecular flexibility index (Phi) is 5.28. The average Bonchev–Trinajstić information content (AvgIpc) is 2.61. The van der Waals surface area contributed by atoms with Crippen molar-refractivity contribution in [3.05, 3.63) is 11.6 Å². The molecule has 0 saturated carbocycles. The fraction of sp³-hybridized carbons (Fsp3) is 0.818. The van der Waals surface area contributed by atoms with Crippen LogP contribution in [-0.4, -0.2) is 40.3 Å². The summed E-state index contributed by atoms with van der Waals surface area (Å²) in [5, 5.41) is 7.89. The average molecular weight is 274 g/mol. The Morgan fingerprint density at radius 2 is 1.94 bits per heavy atom. The predicted octanol–water partition coefficient (Wildman–Crippen LogP) is 1.08. The molecule has 0 N–H and O–H groups in total. The first-order valence-corrected chi connectivity index (χ1v) is 7.78. The van der Waals surface area contributed by atoms with Crippen molar-refractivity contribution >= 4 is 10.0 Å². The van der Waals surface area contributed by atoms with Crippen LogP contribution in [-0.2, 0) is 23.6 Å². The molecule has 0 bridgehead atoms. The molecule has 18 heavy (non-hydrogen) atoms. The minimum atomic E-state index is -3.19. The van der Waals surface area contributed by atoms with Gasteiger partial charge in [-0.3, -0.25) is 0 Å². The van der Waals surface area contributed by atoms with Crippen LogP contribution in [0.4, 0.5) is 0 Å². The summed E-state index contributed by atoms with van der Waals surface area (Å²) in [6.07, 6.45) is 2.67. The van der Waals surface area contributed by atoms with Crippen LogP contribution in [0.3, 0.4) is 0 Å². The summed E-state index contributed by atoms with van der Waals surface area (Å²) in [5.41, 5.74) is 0. The summed E-state index contributed by atoms with van der Waals surface area (Å²) in [6.45, 7) is 4.16. The van der Waals surface area contributed by atoms with E-state index in [9.17, 15) is 8.42 Å². The van der Waals surface area contributed by atoms with E-state index in [1.165, 1.54) is 4.31 Å². The molecule has 7 heteroatoms. The molecule has 1 aromatic heterocycles. The van der Waals surface area contributed by atoms with Crippen molar-refractivity contribution in [2.24, 2.45) is 7.05 Å². The Morgan fingerprint density at radius 3 is 2.44 bits per heavy atom. The number of aromatic nitrogens is 3. The summed E-state index contributed by atoms with van der Waals surface area (Å²) in [6, 6.07) is 0. The van der Waals surface area contributed by atoms with Crippen LogP contribution in [0.2, 0.25) is 0 Å². The normalized spacial score (nSPS) is 12.3. The smallest absolute Gasteiger partial charge is 0.214 e.